The van der Waals surface area contributed by atoms with Crippen molar-refractivity contribution in [2.24, 2.45) is 0 Å². The number of aryl methyl sites for hydroxylation is 1. The molecule has 0 spiro atoms. The van der Waals surface area contributed by atoms with Crippen LogP contribution in [0.5, 0.6) is 5.75 Å². The third kappa shape index (κ3) is 6.08. The van der Waals surface area contributed by atoms with Crippen LogP contribution in [0.25, 0.3) is 5.69 Å². The van der Waals surface area contributed by atoms with Gasteiger partial charge >= 0.3 is 12.4 Å². The van der Waals surface area contributed by atoms with Crippen molar-refractivity contribution in [3.8, 4) is 11.4 Å². The number of nitrogens with zero attached hydrogens (tertiary/aromatic N) is 1. The SMILES string of the molecule is Cc1cc(C(=O)Nc2cccc(OCc3ccc(F)c(C(F)(F)F)c3)c2)c(C)n1-c1ccccc1C(F)(F)F. The van der Waals surface area contributed by atoms with Crippen molar-refractivity contribution >= 4 is 11.6 Å². The van der Waals surface area contributed by atoms with Crippen molar-refractivity contribution in [2.45, 2.75) is 32.8 Å². The van der Waals surface area contributed by atoms with Gasteiger partial charge in [-0.05, 0) is 61.9 Å². The molecule has 0 saturated heterocycles. The Kier molecular flexibility index (Phi) is 7.45. The van der Waals surface area contributed by atoms with Gasteiger partial charge in [0.05, 0.1) is 22.4 Å². The molecule has 4 aromatic rings. The van der Waals surface area contributed by atoms with Gasteiger partial charge in [0.2, 0.25) is 0 Å². The summed E-state index contributed by atoms with van der Waals surface area (Å²) >= 11 is 0. The lowest BCUT2D eigenvalue weighted by Crippen LogP contribution is -2.15. The van der Waals surface area contributed by atoms with Crippen molar-refractivity contribution in [3.05, 3.63) is 112 Å². The van der Waals surface area contributed by atoms with Crippen molar-refractivity contribution in [3.63, 3.8) is 0 Å². The smallest absolute Gasteiger partial charge is 0.419 e. The van der Waals surface area contributed by atoms with Crippen LogP contribution in [0.15, 0.2) is 72.8 Å². The molecule has 0 aliphatic rings. The van der Waals surface area contributed by atoms with Crippen LogP contribution >= 0.6 is 0 Å². The van der Waals surface area contributed by atoms with Gasteiger partial charge in [0.15, 0.2) is 0 Å². The predicted molar refractivity (Wildman–Crippen MR) is 130 cm³/mol. The highest BCUT2D eigenvalue weighted by Gasteiger charge is 2.35. The Labute approximate surface area is 218 Å². The molecule has 0 saturated carbocycles. The van der Waals surface area contributed by atoms with E-state index in [9.17, 15) is 35.5 Å². The van der Waals surface area contributed by atoms with E-state index >= 15 is 0 Å². The lowest BCUT2D eigenvalue weighted by molar-refractivity contribution is -0.140. The molecule has 0 radical (unpaired) electrons. The monoisotopic (exact) mass is 550 g/mol. The molecule has 1 N–H and O–H groups in total. The van der Waals surface area contributed by atoms with E-state index in [1.165, 1.54) is 54.0 Å². The Morgan fingerprint density at radius 3 is 2.23 bits per heavy atom. The van der Waals surface area contributed by atoms with E-state index in [2.05, 4.69) is 5.32 Å². The summed E-state index contributed by atoms with van der Waals surface area (Å²) in [6.45, 7) is 2.83. The van der Waals surface area contributed by atoms with Crippen molar-refractivity contribution in [2.75, 3.05) is 5.32 Å². The molecule has 11 heteroatoms. The average Bonchev–Trinajstić information content (AvgIpc) is 3.16. The third-order valence-electron chi connectivity index (χ3n) is 5.96. The van der Waals surface area contributed by atoms with Crippen molar-refractivity contribution in [1.29, 1.82) is 0 Å². The standard InChI is InChI=1S/C28H21F7N2O2/c1-16-12-21(17(2)37(16)25-9-4-3-8-22(25)27(30,31)32)26(38)36-19-6-5-7-20(14-19)39-15-18-10-11-24(29)23(13-18)28(33,34)35/h3-14H,15H2,1-2H3,(H,36,38). The minimum atomic E-state index is -4.85. The molecule has 0 aliphatic carbocycles. The van der Waals surface area contributed by atoms with Gasteiger partial charge in [-0.2, -0.15) is 26.3 Å². The number of anilines is 1. The number of carbonyl (C=O) groups is 1. The number of aromatic nitrogens is 1. The van der Waals surface area contributed by atoms with Crippen molar-refractivity contribution in [1.82, 2.24) is 4.57 Å². The zero-order valence-electron chi connectivity index (χ0n) is 20.5. The molecular weight excluding hydrogens is 529 g/mol. The van der Waals surface area contributed by atoms with Crippen molar-refractivity contribution < 1.29 is 40.3 Å². The first-order valence-electron chi connectivity index (χ1n) is 11.5. The van der Waals surface area contributed by atoms with Crippen LogP contribution in [0, 0.1) is 19.7 Å². The second-order valence-electron chi connectivity index (χ2n) is 8.72. The molecule has 4 nitrogen and oxygen atoms in total. The molecule has 1 amide bonds. The fourth-order valence-corrected chi connectivity index (χ4v) is 4.18. The number of halogens is 7. The second-order valence-corrected chi connectivity index (χ2v) is 8.72. The molecule has 0 unspecified atom stereocenters. The summed E-state index contributed by atoms with van der Waals surface area (Å²) in [5, 5.41) is 2.66. The van der Waals surface area contributed by atoms with E-state index in [0.717, 1.165) is 6.07 Å². The van der Waals surface area contributed by atoms with E-state index in [4.69, 9.17) is 4.74 Å². The van der Waals surface area contributed by atoms with Gasteiger partial charge in [0, 0.05) is 23.1 Å². The van der Waals surface area contributed by atoms with Gasteiger partial charge in [0.25, 0.3) is 5.91 Å². The quantitative estimate of drug-likeness (QED) is 0.247. The summed E-state index contributed by atoms with van der Waals surface area (Å²) in [6.07, 6.45) is -9.45. The molecule has 0 bridgehead atoms. The highest BCUT2D eigenvalue weighted by molar-refractivity contribution is 6.05. The first-order chi connectivity index (χ1) is 18.3. The van der Waals surface area contributed by atoms with E-state index in [1.807, 2.05) is 0 Å². The molecule has 4 rings (SSSR count). The lowest BCUT2D eigenvalue weighted by atomic mass is 10.1. The van der Waals surface area contributed by atoms with Gasteiger partial charge in [0.1, 0.15) is 18.2 Å². The Bertz CT molecular complexity index is 1520. The van der Waals surface area contributed by atoms with Gasteiger partial charge in [-0.1, -0.05) is 24.3 Å². The van der Waals surface area contributed by atoms with Gasteiger partial charge < -0.3 is 14.6 Å². The summed E-state index contributed by atoms with van der Waals surface area (Å²) in [7, 11) is 0. The second kappa shape index (κ2) is 10.5. The fourth-order valence-electron chi connectivity index (χ4n) is 4.18. The predicted octanol–water partition coefficient (Wildman–Crippen LogP) is 8.10. The van der Waals surface area contributed by atoms with E-state index in [1.54, 1.807) is 19.1 Å². The van der Waals surface area contributed by atoms with Crippen LogP contribution in [-0.4, -0.2) is 10.5 Å². The summed E-state index contributed by atoms with van der Waals surface area (Å²) in [5.41, 5.74) is -1.11. The zero-order valence-corrected chi connectivity index (χ0v) is 20.5. The first kappa shape index (κ1) is 27.7. The molecule has 0 atom stereocenters. The number of nitrogens with one attached hydrogen (secondary N) is 1. The molecule has 1 heterocycles. The third-order valence-corrected chi connectivity index (χ3v) is 5.96. The summed E-state index contributed by atoms with van der Waals surface area (Å²) < 4.78 is 100. The molecule has 0 fully saturated rings. The number of amides is 1. The normalized spacial score (nSPS) is 11.9. The van der Waals surface area contributed by atoms with E-state index in [0.29, 0.717) is 23.5 Å². The number of alkyl halides is 6. The van der Waals surface area contributed by atoms with Crippen LogP contribution < -0.4 is 10.1 Å². The zero-order chi connectivity index (χ0) is 28.5. The maximum Gasteiger partial charge on any atom is 0.419 e. The number of hydrogen-bond acceptors (Lipinski definition) is 2. The minimum Gasteiger partial charge on any atom is -0.489 e. The summed E-state index contributed by atoms with van der Waals surface area (Å²) in [5.74, 6) is -1.75. The number of carbonyl (C=O) groups excluding carboxylic acids is 1. The van der Waals surface area contributed by atoms with Crippen LogP contribution in [0.3, 0.4) is 0 Å². The van der Waals surface area contributed by atoms with Crippen LogP contribution in [0.2, 0.25) is 0 Å². The van der Waals surface area contributed by atoms with Crippen LogP contribution in [0.4, 0.5) is 36.4 Å². The highest BCUT2D eigenvalue weighted by Crippen LogP contribution is 2.36. The molecule has 3 aromatic carbocycles. The highest BCUT2D eigenvalue weighted by atomic mass is 19.4. The maximum atomic E-state index is 13.6. The Balaban J connectivity index is 1.52. The lowest BCUT2D eigenvalue weighted by Gasteiger charge is -2.17. The fraction of sp³-hybridized carbons (Fsp3) is 0.179. The number of benzene rings is 3. The molecule has 1 aromatic heterocycles. The molecule has 204 valence electrons. The summed E-state index contributed by atoms with van der Waals surface area (Å²) in [6, 6.07) is 15.1. The summed E-state index contributed by atoms with van der Waals surface area (Å²) in [4.78, 5) is 13.0. The number of hydrogen-bond donors (Lipinski definition) is 1. The average molecular weight is 550 g/mol. The minimum absolute atomic E-state index is 0.0877. The van der Waals surface area contributed by atoms with E-state index in [-0.39, 0.29) is 34.9 Å². The van der Waals surface area contributed by atoms with Gasteiger partial charge in [-0.15, -0.1) is 0 Å². The topological polar surface area (TPSA) is 43.3 Å². The molecular formula is C28H21F7N2O2. The van der Waals surface area contributed by atoms with E-state index < -0.39 is 35.2 Å². The number of ether oxygens (including phenoxy) is 1. The number of rotatable bonds is 6. The van der Waals surface area contributed by atoms with Crippen LogP contribution in [0.1, 0.15) is 38.4 Å². The van der Waals surface area contributed by atoms with Gasteiger partial charge in [-0.3, -0.25) is 4.79 Å². The molecule has 0 aliphatic heterocycles. The Hall–Kier alpha value is -4.28. The first-order valence-corrected chi connectivity index (χ1v) is 11.5. The van der Waals surface area contributed by atoms with Crippen LogP contribution in [-0.2, 0) is 19.0 Å². The Morgan fingerprint density at radius 1 is 0.846 bits per heavy atom. The largest absolute Gasteiger partial charge is 0.489 e. The Morgan fingerprint density at radius 2 is 1.54 bits per heavy atom. The maximum absolute atomic E-state index is 13.6. The number of para-hydroxylation sites is 1. The van der Waals surface area contributed by atoms with Gasteiger partial charge in [-0.25, -0.2) is 4.39 Å². The molecule has 39 heavy (non-hydrogen) atoms.